The third-order valence-corrected chi connectivity index (χ3v) is 4.73. The average Bonchev–Trinajstić information content (AvgIpc) is 2.61. The fourth-order valence-corrected chi connectivity index (χ4v) is 3.15. The number of nitrogens with one attached hydrogen (secondary N) is 2. The van der Waals surface area contributed by atoms with E-state index in [0.29, 0.717) is 13.0 Å². The first-order valence-corrected chi connectivity index (χ1v) is 9.00. The summed E-state index contributed by atoms with van der Waals surface area (Å²) in [6, 6.07) is 8.67. The van der Waals surface area contributed by atoms with E-state index in [2.05, 4.69) is 21.6 Å². The Morgan fingerprint density at radius 2 is 2.08 bits per heavy atom. The largest absolute Gasteiger partial charge is 0.352 e. The molecular formula is C17H18FN3O3S. The SMILES string of the molecule is C=CCNS(=O)(=O)c1cc(C(=O)NCCc2ccccn2)ccc1F. The Morgan fingerprint density at radius 1 is 1.28 bits per heavy atom. The van der Waals surface area contributed by atoms with E-state index in [0.717, 1.165) is 17.8 Å². The number of rotatable bonds is 8. The van der Waals surface area contributed by atoms with Crippen molar-refractivity contribution >= 4 is 15.9 Å². The standard InChI is InChI=1S/C17H18FN3O3S/c1-2-9-21-25(23,24)16-12-13(6-7-15(16)18)17(22)20-11-8-14-5-3-4-10-19-14/h2-7,10,12,21H,1,8-9,11H2,(H,20,22). The molecule has 2 aromatic rings. The van der Waals surface area contributed by atoms with E-state index in [1.165, 1.54) is 12.1 Å². The number of benzene rings is 1. The Balaban J connectivity index is 2.07. The van der Waals surface area contributed by atoms with E-state index < -0.39 is 26.6 Å². The topological polar surface area (TPSA) is 88.2 Å². The number of hydrogen-bond donors (Lipinski definition) is 2. The summed E-state index contributed by atoms with van der Waals surface area (Å²) in [5, 5.41) is 2.66. The first-order valence-electron chi connectivity index (χ1n) is 7.52. The molecule has 0 aliphatic carbocycles. The van der Waals surface area contributed by atoms with Crippen LogP contribution in [0.3, 0.4) is 0 Å². The Morgan fingerprint density at radius 3 is 2.76 bits per heavy atom. The fraction of sp³-hybridized carbons (Fsp3) is 0.176. The van der Waals surface area contributed by atoms with E-state index in [-0.39, 0.29) is 12.1 Å². The van der Waals surface area contributed by atoms with Gasteiger partial charge in [0.2, 0.25) is 10.0 Å². The van der Waals surface area contributed by atoms with Crippen molar-refractivity contribution in [1.82, 2.24) is 15.0 Å². The highest BCUT2D eigenvalue weighted by molar-refractivity contribution is 7.89. The van der Waals surface area contributed by atoms with E-state index >= 15 is 0 Å². The number of nitrogens with zero attached hydrogens (tertiary/aromatic N) is 1. The molecule has 0 bridgehead atoms. The van der Waals surface area contributed by atoms with Gasteiger partial charge in [0.15, 0.2) is 0 Å². The zero-order chi connectivity index (χ0) is 18.3. The normalized spacial score (nSPS) is 11.1. The minimum absolute atomic E-state index is 0.0394. The van der Waals surface area contributed by atoms with Crippen molar-refractivity contribution in [2.75, 3.05) is 13.1 Å². The number of halogens is 1. The molecule has 0 fully saturated rings. The third kappa shape index (κ3) is 5.20. The first-order chi connectivity index (χ1) is 11.9. The van der Waals surface area contributed by atoms with Gasteiger partial charge in [-0.25, -0.2) is 17.5 Å². The lowest BCUT2D eigenvalue weighted by atomic mass is 10.2. The smallest absolute Gasteiger partial charge is 0.251 e. The van der Waals surface area contributed by atoms with Crippen LogP contribution in [0.5, 0.6) is 0 Å². The highest BCUT2D eigenvalue weighted by atomic mass is 32.2. The molecule has 0 spiro atoms. The molecule has 0 saturated carbocycles. The van der Waals surface area contributed by atoms with E-state index in [9.17, 15) is 17.6 Å². The fourth-order valence-electron chi connectivity index (χ4n) is 2.05. The maximum atomic E-state index is 13.8. The quantitative estimate of drug-likeness (QED) is 0.698. The molecule has 0 aliphatic heterocycles. The van der Waals surface area contributed by atoms with Crippen LogP contribution in [0.25, 0.3) is 0 Å². The van der Waals surface area contributed by atoms with Crippen molar-refractivity contribution in [1.29, 1.82) is 0 Å². The van der Waals surface area contributed by atoms with Crippen LogP contribution in [0.1, 0.15) is 16.1 Å². The summed E-state index contributed by atoms with van der Waals surface area (Å²) in [6.45, 7) is 3.68. The second-order valence-electron chi connectivity index (χ2n) is 5.11. The molecule has 25 heavy (non-hydrogen) atoms. The molecule has 2 N–H and O–H groups in total. The Bertz CT molecular complexity index is 855. The van der Waals surface area contributed by atoms with Crippen LogP contribution in [0.2, 0.25) is 0 Å². The van der Waals surface area contributed by atoms with Crippen LogP contribution in [0, 0.1) is 5.82 Å². The molecule has 1 heterocycles. The van der Waals surface area contributed by atoms with Crippen molar-refractivity contribution in [2.24, 2.45) is 0 Å². The lowest BCUT2D eigenvalue weighted by Gasteiger charge is -2.09. The predicted octanol–water partition coefficient (Wildman–Crippen LogP) is 1.66. The summed E-state index contributed by atoms with van der Waals surface area (Å²) in [7, 11) is -4.06. The number of hydrogen-bond acceptors (Lipinski definition) is 4. The van der Waals surface area contributed by atoms with Crippen molar-refractivity contribution < 1.29 is 17.6 Å². The zero-order valence-corrected chi connectivity index (χ0v) is 14.2. The molecule has 1 amide bonds. The van der Waals surface area contributed by atoms with Gasteiger partial charge in [-0.1, -0.05) is 12.1 Å². The minimum atomic E-state index is -4.06. The Hall–Kier alpha value is -2.58. The van der Waals surface area contributed by atoms with E-state index in [4.69, 9.17) is 0 Å². The number of pyridine rings is 1. The monoisotopic (exact) mass is 363 g/mol. The first kappa shape index (κ1) is 18.8. The lowest BCUT2D eigenvalue weighted by molar-refractivity contribution is 0.0954. The molecule has 1 aromatic heterocycles. The van der Waals surface area contributed by atoms with Crippen molar-refractivity contribution in [3.05, 3.63) is 72.3 Å². The van der Waals surface area contributed by atoms with Crippen LogP contribution in [0.15, 0.2) is 60.1 Å². The van der Waals surface area contributed by atoms with Crippen LogP contribution < -0.4 is 10.0 Å². The maximum absolute atomic E-state index is 13.8. The molecule has 132 valence electrons. The van der Waals surface area contributed by atoms with Crippen LogP contribution in [-0.4, -0.2) is 32.4 Å². The van der Waals surface area contributed by atoms with Gasteiger partial charge in [-0.3, -0.25) is 9.78 Å². The maximum Gasteiger partial charge on any atom is 0.251 e. The molecule has 1 aromatic carbocycles. The third-order valence-electron chi connectivity index (χ3n) is 3.29. The van der Waals surface area contributed by atoms with Gasteiger partial charge in [-0.15, -0.1) is 6.58 Å². The van der Waals surface area contributed by atoms with Gasteiger partial charge in [-0.05, 0) is 30.3 Å². The molecular weight excluding hydrogens is 345 g/mol. The summed E-state index contributed by atoms with van der Waals surface area (Å²) in [5.74, 6) is -1.42. The van der Waals surface area contributed by atoms with Gasteiger partial charge in [-0.2, -0.15) is 0 Å². The number of aromatic nitrogens is 1. The highest BCUT2D eigenvalue weighted by Gasteiger charge is 2.20. The van der Waals surface area contributed by atoms with Crippen molar-refractivity contribution in [3.8, 4) is 0 Å². The Kier molecular flexibility index (Phi) is 6.37. The van der Waals surface area contributed by atoms with Gasteiger partial charge < -0.3 is 5.32 Å². The molecule has 0 atom stereocenters. The number of sulfonamides is 1. The zero-order valence-electron chi connectivity index (χ0n) is 13.4. The van der Waals surface area contributed by atoms with Gasteiger partial charge in [0.1, 0.15) is 10.7 Å². The number of carbonyl (C=O) groups excluding carboxylic acids is 1. The van der Waals surface area contributed by atoms with E-state index in [1.807, 2.05) is 12.1 Å². The van der Waals surface area contributed by atoms with Crippen molar-refractivity contribution in [2.45, 2.75) is 11.3 Å². The lowest BCUT2D eigenvalue weighted by Crippen LogP contribution is -2.28. The summed E-state index contributed by atoms with van der Waals surface area (Å²) >= 11 is 0. The summed E-state index contributed by atoms with van der Waals surface area (Å²) in [5.41, 5.74) is 0.875. The molecule has 0 aliphatic rings. The number of carbonyl (C=O) groups is 1. The van der Waals surface area contributed by atoms with E-state index in [1.54, 1.807) is 12.3 Å². The number of amides is 1. The van der Waals surface area contributed by atoms with Crippen LogP contribution in [0.4, 0.5) is 4.39 Å². The molecule has 0 saturated heterocycles. The summed E-state index contributed by atoms with van der Waals surface area (Å²) < 4.78 is 40.1. The Labute approximate surface area is 145 Å². The predicted molar refractivity (Wildman–Crippen MR) is 92.1 cm³/mol. The second-order valence-corrected chi connectivity index (χ2v) is 6.85. The van der Waals surface area contributed by atoms with Gasteiger partial charge in [0, 0.05) is 37.0 Å². The molecule has 0 radical (unpaired) electrons. The van der Waals surface area contributed by atoms with Gasteiger partial charge >= 0.3 is 0 Å². The summed E-state index contributed by atoms with van der Waals surface area (Å²) in [4.78, 5) is 15.7. The molecule has 8 heteroatoms. The van der Waals surface area contributed by atoms with Gasteiger partial charge in [0.25, 0.3) is 5.91 Å². The van der Waals surface area contributed by atoms with Crippen LogP contribution >= 0.6 is 0 Å². The minimum Gasteiger partial charge on any atom is -0.352 e. The average molecular weight is 363 g/mol. The van der Waals surface area contributed by atoms with Gasteiger partial charge in [0.05, 0.1) is 0 Å². The molecule has 6 nitrogen and oxygen atoms in total. The molecule has 2 rings (SSSR count). The highest BCUT2D eigenvalue weighted by Crippen LogP contribution is 2.16. The van der Waals surface area contributed by atoms with Crippen LogP contribution in [-0.2, 0) is 16.4 Å². The summed E-state index contributed by atoms with van der Waals surface area (Å²) in [6.07, 6.45) is 3.52. The second kappa shape index (κ2) is 8.50. The molecule has 0 unspecified atom stereocenters. The van der Waals surface area contributed by atoms with Crippen molar-refractivity contribution in [3.63, 3.8) is 0 Å².